The van der Waals surface area contributed by atoms with E-state index in [4.69, 9.17) is 5.26 Å². The van der Waals surface area contributed by atoms with Gasteiger partial charge in [0, 0.05) is 25.2 Å². The molecule has 0 atom stereocenters. The summed E-state index contributed by atoms with van der Waals surface area (Å²) in [4.78, 5) is 11.1. The second-order valence-electron chi connectivity index (χ2n) is 4.31. The van der Waals surface area contributed by atoms with E-state index in [1.165, 1.54) is 0 Å². The maximum absolute atomic E-state index is 8.85. The van der Waals surface area contributed by atoms with Gasteiger partial charge >= 0.3 is 0 Å². The van der Waals surface area contributed by atoms with Crippen molar-refractivity contribution in [3.63, 3.8) is 0 Å². The number of nitrogens with zero attached hydrogens (tertiary/aromatic N) is 4. The lowest BCUT2D eigenvalue weighted by atomic mass is 9.98. The van der Waals surface area contributed by atoms with Gasteiger partial charge in [0.05, 0.1) is 17.5 Å². The molecular formula is C12H16N4. The predicted molar refractivity (Wildman–Crippen MR) is 62.1 cm³/mol. The zero-order chi connectivity index (χ0) is 11.5. The molecule has 1 fully saturated rings. The maximum atomic E-state index is 8.85. The van der Waals surface area contributed by atoms with E-state index in [1.807, 2.05) is 13.8 Å². The molecular weight excluding hydrogens is 200 g/mol. The van der Waals surface area contributed by atoms with Gasteiger partial charge in [0.2, 0.25) is 0 Å². The first-order valence-corrected chi connectivity index (χ1v) is 5.65. The largest absolute Gasteiger partial charge is 0.355 e. The summed E-state index contributed by atoms with van der Waals surface area (Å²) in [5.74, 6) is 1.20. The Morgan fingerprint density at radius 1 is 1.38 bits per heavy atom. The fourth-order valence-corrected chi connectivity index (χ4v) is 2.04. The summed E-state index contributed by atoms with van der Waals surface area (Å²) >= 11 is 0. The molecule has 0 aromatic carbocycles. The van der Waals surface area contributed by atoms with E-state index in [0.29, 0.717) is 0 Å². The average Bonchev–Trinajstić information content (AvgIpc) is 2.32. The zero-order valence-corrected chi connectivity index (χ0v) is 9.77. The highest BCUT2D eigenvalue weighted by atomic mass is 15.2. The van der Waals surface area contributed by atoms with Crippen molar-refractivity contribution in [1.29, 1.82) is 5.26 Å². The lowest BCUT2D eigenvalue weighted by Gasteiger charge is -2.30. The molecule has 0 unspecified atom stereocenters. The summed E-state index contributed by atoms with van der Waals surface area (Å²) in [6.45, 7) is 5.77. The van der Waals surface area contributed by atoms with E-state index >= 15 is 0 Å². The number of aryl methyl sites for hydroxylation is 2. The quantitative estimate of drug-likeness (QED) is 0.718. The van der Waals surface area contributed by atoms with Crippen LogP contribution in [0.5, 0.6) is 0 Å². The van der Waals surface area contributed by atoms with Crippen LogP contribution in [0.1, 0.15) is 24.2 Å². The van der Waals surface area contributed by atoms with Crippen molar-refractivity contribution in [2.24, 2.45) is 5.92 Å². The van der Waals surface area contributed by atoms with Crippen molar-refractivity contribution in [3.05, 3.63) is 17.6 Å². The van der Waals surface area contributed by atoms with Crippen LogP contribution in [-0.2, 0) is 0 Å². The minimum atomic E-state index is 0.217. The summed E-state index contributed by atoms with van der Waals surface area (Å²) < 4.78 is 0. The van der Waals surface area contributed by atoms with Crippen LogP contribution in [0.2, 0.25) is 0 Å². The van der Waals surface area contributed by atoms with E-state index in [1.54, 1.807) is 6.20 Å². The van der Waals surface area contributed by atoms with Crippen LogP contribution in [0, 0.1) is 31.1 Å². The van der Waals surface area contributed by atoms with Gasteiger partial charge in [0.15, 0.2) is 0 Å². The number of hydrogen-bond donors (Lipinski definition) is 0. The van der Waals surface area contributed by atoms with Gasteiger partial charge in [0.25, 0.3) is 0 Å². The topological polar surface area (TPSA) is 52.8 Å². The van der Waals surface area contributed by atoms with E-state index in [2.05, 4.69) is 20.9 Å². The average molecular weight is 216 g/mol. The van der Waals surface area contributed by atoms with Gasteiger partial charge in [-0.1, -0.05) is 0 Å². The molecule has 0 saturated carbocycles. The molecule has 1 aromatic heterocycles. The summed E-state index contributed by atoms with van der Waals surface area (Å²) in [7, 11) is 0. The Morgan fingerprint density at radius 2 is 2.06 bits per heavy atom. The van der Waals surface area contributed by atoms with Crippen LogP contribution in [0.3, 0.4) is 0 Å². The smallest absolute Gasteiger partial charge is 0.150 e. The summed E-state index contributed by atoms with van der Waals surface area (Å²) in [6.07, 6.45) is 3.66. The van der Waals surface area contributed by atoms with Crippen LogP contribution in [0.25, 0.3) is 0 Å². The molecule has 1 aliphatic heterocycles. The van der Waals surface area contributed by atoms with Gasteiger partial charge in [-0.3, -0.25) is 4.98 Å². The molecule has 84 valence electrons. The predicted octanol–water partition coefficient (Wildman–Crippen LogP) is 1.83. The number of aromatic nitrogens is 2. The second kappa shape index (κ2) is 4.48. The van der Waals surface area contributed by atoms with E-state index in [-0.39, 0.29) is 5.92 Å². The molecule has 0 aliphatic carbocycles. The molecule has 1 aromatic rings. The van der Waals surface area contributed by atoms with Crippen molar-refractivity contribution >= 4 is 5.82 Å². The minimum absolute atomic E-state index is 0.217. The highest BCUT2D eigenvalue weighted by Crippen LogP contribution is 2.23. The Balaban J connectivity index is 2.14. The van der Waals surface area contributed by atoms with Crippen molar-refractivity contribution in [3.8, 4) is 6.07 Å². The van der Waals surface area contributed by atoms with Gasteiger partial charge in [-0.15, -0.1) is 0 Å². The number of hydrogen-bond acceptors (Lipinski definition) is 4. The third kappa shape index (κ3) is 2.13. The molecule has 16 heavy (non-hydrogen) atoms. The van der Waals surface area contributed by atoms with Crippen LogP contribution < -0.4 is 4.90 Å². The Morgan fingerprint density at radius 3 is 2.69 bits per heavy atom. The fourth-order valence-electron chi connectivity index (χ4n) is 2.04. The highest BCUT2D eigenvalue weighted by Gasteiger charge is 2.21. The third-order valence-electron chi connectivity index (χ3n) is 3.03. The lowest BCUT2D eigenvalue weighted by Crippen LogP contribution is -2.34. The Labute approximate surface area is 95.9 Å². The first-order valence-electron chi connectivity index (χ1n) is 5.65. The minimum Gasteiger partial charge on any atom is -0.355 e. The first kappa shape index (κ1) is 10.9. The Bertz CT molecular complexity index is 414. The number of anilines is 1. The van der Waals surface area contributed by atoms with Gasteiger partial charge in [-0.2, -0.15) is 5.26 Å². The molecule has 0 amide bonds. The number of piperidine rings is 1. The standard InChI is InChI=1S/C12H16N4/c1-9-8-14-10(2)12(15-9)16-5-3-11(7-13)4-6-16/h8,11H,3-6H2,1-2H3. The molecule has 0 N–H and O–H groups in total. The Hall–Kier alpha value is -1.63. The van der Waals surface area contributed by atoms with Gasteiger partial charge in [-0.25, -0.2) is 4.98 Å². The highest BCUT2D eigenvalue weighted by molar-refractivity contribution is 5.43. The van der Waals surface area contributed by atoms with E-state index in [9.17, 15) is 0 Å². The molecule has 0 radical (unpaired) electrons. The molecule has 1 saturated heterocycles. The van der Waals surface area contributed by atoms with Gasteiger partial charge in [0.1, 0.15) is 5.82 Å². The van der Waals surface area contributed by atoms with Crippen LogP contribution in [0.4, 0.5) is 5.82 Å². The molecule has 2 rings (SSSR count). The summed E-state index contributed by atoms with van der Waals surface area (Å²) in [5.41, 5.74) is 1.92. The van der Waals surface area contributed by atoms with E-state index in [0.717, 1.165) is 43.1 Å². The van der Waals surface area contributed by atoms with Gasteiger partial charge in [-0.05, 0) is 26.7 Å². The molecule has 4 nitrogen and oxygen atoms in total. The zero-order valence-electron chi connectivity index (χ0n) is 9.77. The molecule has 4 heteroatoms. The fraction of sp³-hybridized carbons (Fsp3) is 0.583. The van der Waals surface area contributed by atoms with E-state index < -0.39 is 0 Å². The SMILES string of the molecule is Cc1cnc(C)c(N2CCC(C#N)CC2)n1. The summed E-state index contributed by atoms with van der Waals surface area (Å²) in [6, 6.07) is 2.34. The van der Waals surface area contributed by atoms with Crippen molar-refractivity contribution in [1.82, 2.24) is 9.97 Å². The van der Waals surface area contributed by atoms with Crippen molar-refractivity contribution in [2.45, 2.75) is 26.7 Å². The number of rotatable bonds is 1. The van der Waals surface area contributed by atoms with Crippen LogP contribution in [-0.4, -0.2) is 23.1 Å². The first-order chi connectivity index (χ1) is 7.70. The molecule has 2 heterocycles. The molecule has 0 spiro atoms. The second-order valence-corrected chi connectivity index (χ2v) is 4.31. The Kier molecular flexibility index (Phi) is 3.04. The number of nitriles is 1. The lowest BCUT2D eigenvalue weighted by molar-refractivity contribution is 0.484. The molecule has 0 bridgehead atoms. The van der Waals surface area contributed by atoms with Crippen molar-refractivity contribution in [2.75, 3.05) is 18.0 Å². The van der Waals surface area contributed by atoms with Crippen molar-refractivity contribution < 1.29 is 0 Å². The van der Waals surface area contributed by atoms with Crippen LogP contribution in [0.15, 0.2) is 6.20 Å². The van der Waals surface area contributed by atoms with Gasteiger partial charge < -0.3 is 4.90 Å². The normalized spacial score (nSPS) is 17.2. The van der Waals surface area contributed by atoms with Crippen LogP contribution >= 0.6 is 0 Å². The molecule has 1 aliphatic rings. The maximum Gasteiger partial charge on any atom is 0.150 e. The monoisotopic (exact) mass is 216 g/mol. The summed E-state index contributed by atoms with van der Waals surface area (Å²) in [5, 5.41) is 8.85. The third-order valence-corrected chi connectivity index (χ3v) is 3.03.